The third kappa shape index (κ3) is 5.10. The van der Waals surface area contributed by atoms with Crippen molar-refractivity contribution in [3.05, 3.63) is 41.1 Å². The van der Waals surface area contributed by atoms with Gasteiger partial charge in [-0.05, 0) is 45.9 Å². The predicted molar refractivity (Wildman–Crippen MR) is 101 cm³/mol. The molecule has 0 saturated carbocycles. The molecule has 1 aliphatic heterocycles. The van der Waals surface area contributed by atoms with Crippen LogP contribution in [0.5, 0.6) is 5.75 Å². The fraction of sp³-hybridized carbons (Fsp3) is 0.474. The maximum Gasteiger partial charge on any atom is 0.408 e. The summed E-state index contributed by atoms with van der Waals surface area (Å²) in [5.74, 6) is 0.495. The molecule has 0 fully saturated rings. The summed E-state index contributed by atoms with van der Waals surface area (Å²) in [5.41, 5.74) is 1.90. The molecule has 0 saturated heterocycles. The quantitative estimate of drug-likeness (QED) is 0.682. The average Bonchev–Trinajstić information content (AvgIpc) is 2.54. The number of likely N-dealkylation sites (N-methyl/N-ethyl adjacent to an activating group) is 1. The van der Waals surface area contributed by atoms with Gasteiger partial charge in [-0.3, -0.25) is 0 Å². The van der Waals surface area contributed by atoms with Gasteiger partial charge in [0.2, 0.25) is 0 Å². The third-order valence-electron chi connectivity index (χ3n) is 3.99. The maximum atomic E-state index is 12.8. The van der Waals surface area contributed by atoms with Crippen LogP contribution < -0.4 is 10.1 Å². The normalized spacial score (nSPS) is 16.3. The van der Waals surface area contributed by atoms with Crippen molar-refractivity contribution < 1.29 is 17.9 Å². The first-order valence-electron chi connectivity index (χ1n) is 8.58. The summed E-state index contributed by atoms with van der Waals surface area (Å²) >= 11 is 6.38. The number of anilines is 1. The summed E-state index contributed by atoms with van der Waals surface area (Å²) in [7, 11) is 0. The molecule has 0 aromatic heterocycles. The van der Waals surface area contributed by atoms with Crippen molar-refractivity contribution in [2.75, 3.05) is 18.4 Å². The first-order chi connectivity index (χ1) is 12.1. The Morgan fingerprint density at radius 1 is 1.27 bits per heavy atom. The van der Waals surface area contributed by atoms with E-state index in [-0.39, 0.29) is 6.10 Å². The number of benzene rings is 1. The molecule has 0 radical (unpaired) electrons. The minimum atomic E-state index is -4.32. The van der Waals surface area contributed by atoms with Gasteiger partial charge in [-0.25, -0.2) is 0 Å². The molecule has 3 nitrogen and oxygen atoms in total. The topological polar surface area (TPSA) is 24.5 Å². The fourth-order valence-electron chi connectivity index (χ4n) is 2.54. The summed E-state index contributed by atoms with van der Waals surface area (Å²) in [6, 6.07) is 3.28. The molecule has 0 amide bonds. The van der Waals surface area contributed by atoms with Gasteiger partial charge in [0.05, 0.1) is 6.10 Å². The number of hydrogen-bond acceptors (Lipinski definition) is 3. The second kappa shape index (κ2) is 8.25. The predicted octanol–water partition coefficient (Wildman–Crippen LogP) is 5.64. The van der Waals surface area contributed by atoms with Crippen molar-refractivity contribution in [2.45, 2.75) is 46.0 Å². The van der Waals surface area contributed by atoms with E-state index in [0.29, 0.717) is 16.5 Å². The molecule has 0 bridgehead atoms. The fourth-order valence-corrected chi connectivity index (χ4v) is 2.76. The SMILES string of the molecule is CCN1C=C(c2ccc(NC(C)C(F)(F)F)cc2OC(C)C)C(Cl)=CC1. The van der Waals surface area contributed by atoms with Crippen LogP contribution in [0.2, 0.25) is 0 Å². The van der Waals surface area contributed by atoms with Crippen molar-refractivity contribution in [3.63, 3.8) is 0 Å². The lowest BCUT2D eigenvalue weighted by Gasteiger charge is -2.25. The standard InChI is InChI=1S/C19H24ClF3N2O/c1-5-25-9-8-17(20)16(11-25)15-7-6-14(10-18(15)26-12(2)3)24-13(4)19(21,22)23/h6-8,10-13,24H,5,9H2,1-4H3. The molecule has 1 unspecified atom stereocenters. The van der Waals surface area contributed by atoms with Gasteiger partial charge in [-0.2, -0.15) is 13.2 Å². The first kappa shape index (κ1) is 20.5. The zero-order valence-electron chi connectivity index (χ0n) is 15.3. The van der Waals surface area contributed by atoms with Gasteiger partial charge in [-0.15, -0.1) is 0 Å². The lowest BCUT2D eigenvalue weighted by Crippen LogP contribution is -2.33. The molecule has 7 heteroatoms. The Bertz CT molecular complexity index is 699. The van der Waals surface area contributed by atoms with Crippen molar-refractivity contribution in [2.24, 2.45) is 0 Å². The van der Waals surface area contributed by atoms with E-state index in [1.807, 2.05) is 33.0 Å². The largest absolute Gasteiger partial charge is 0.490 e. The summed E-state index contributed by atoms with van der Waals surface area (Å²) in [6.45, 7) is 8.41. The Hall–Kier alpha value is -1.82. The first-order valence-corrected chi connectivity index (χ1v) is 8.95. The van der Waals surface area contributed by atoms with E-state index in [4.69, 9.17) is 16.3 Å². The number of alkyl halides is 3. The van der Waals surface area contributed by atoms with E-state index in [2.05, 4.69) is 10.2 Å². The zero-order valence-corrected chi connectivity index (χ0v) is 16.1. The Labute approximate surface area is 157 Å². The molecule has 1 atom stereocenters. The van der Waals surface area contributed by atoms with E-state index in [1.54, 1.807) is 18.2 Å². The molecule has 144 valence electrons. The van der Waals surface area contributed by atoms with Crippen LogP contribution in [-0.4, -0.2) is 36.3 Å². The molecule has 0 spiro atoms. The van der Waals surface area contributed by atoms with Gasteiger partial charge in [-0.1, -0.05) is 11.6 Å². The second-order valence-electron chi connectivity index (χ2n) is 6.47. The van der Waals surface area contributed by atoms with Crippen molar-refractivity contribution in [1.29, 1.82) is 0 Å². The molecule has 2 rings (SSSR count). The third-order valence-corrected chi connectivity index (χ3v) is 4.35. The maximum absolute atomic E-state index is 12.8. The van der Waals surface area contributed by atoms with Gasteiger partial charge in [0.1, 0.15) is 11.8 Å². The molecular weight excluding hydrogens is 365 g/mol. The van der Waals surface area contributed by atoms with E-state index in [1.165, 1.54) is 0 Å². The number of rotatable bonds is 6. The molecule has 26 heavy (non-hydrogen) atoms. The molecule has 1 aromatic carbocycles. The van der Waals surface area contributed by atoms with Crippen LogP contribution >= 0.6 is 11.6 Å². The highest BCUT2D eigenvalue weighted by Crippen LogP contribution is 2.37. The number of nitrogens with one attached hydrogen (secondary N) is 1. The number of allylic oxidation sites excluding steroid dienone is 2. The van der Waals surface area contributed by atoms with E-state index < -0.39 is 12.2 Å². The Morgan fingerprint density at radius 3 is 2.54 bits per heavy atom. The van der Waals surface area contributed by atoms with Crippen LogP contribution in [0.15, 0.2) is 35.5 Å². The van der Waals surface area contributed by atoms with E-state index >= 15 is 0 Å². The highest BCUT2D eigenvalue weighted by atomic mass is 35.5. The van der Waals surface area contributed by atoms with Crippen LogP contribution in [-0.2, 0) is 0 Å². The minimum Gasteiger partial charge on any atom is -0.490 e. The highest BCUT2D eigenvalue weighted by Gasteiger charge is 2.36. The van der Waals surface area contributed by atoms with E-state index in [9.17, 15) is 13.2 Å². The minimum absolute atomic E-state index is 0.127. The zero-order chi connectivity index (χ0) is 19.5. The Kier molecular flexibility index (Phi) is 6.50. The monoisotopic (exact) mass is 388 g/mol. The van der Waals surface area contributed by atoms with Crippen LogP contribution in [0, 0.1) is 0 Å². The number of halogens is 4. The molecule has 0 aliphatic carbocycles. The summed E-state index contributed by atoms with van der Waals surface area (Å²) in [5, 5.41) is 3.08. The summed E-state index contributed by atoms with van der Waals surface area (Å²) in [4.78, 5) is 2.10. The molecule has 1 N–H and O–H groups in total. The molecule has 1 aliphatic rings. The van der Waals surface area contributed by atoms with E-state index in [0.717, 1.165) is 31.1 Å². The van der Waals surface area contributed by atoms with Crippen molar-refractivity contribution in [1.82, 2.24) is 4.90 Å². The van der Waals surface area contributed by atoms with Gasteiger partial charge in [0.15, 0.2) is 0 Å². The van der Waals surface area contributed by atoms with Crippen LogP contribution in [0.4, 0.5) is 18.9 Å². The van der Waals surface area contributed by atoms with Gasteiger partial charge in [0, 0.05) is 47.2 Å². The molecule has 1 aromatic rings. The Morgan fingerprint density at radius 2 is 1.96 bits per heavy atom. The number of nitrogens with zero attached hydrogens (tertiary/aromatic N) is 1. The van der Waals surface area contributed by atoms with Crippen LogP contribution in [0.3, 0.4) is 0 Å². The smallest absolute Gasteiger partial charge is 0.408 e. The summed E-state index contributed by atoms with van der Waals surface area (Å²) < 4.78 is 44.3. The van der Waals surface area contributed by atoms with Crippen molar-refractivity contribution in [3.8, 4) is 5.75 Å². The lowest BCUT2D eigenvalue weighted by molar-refractivity contribution is -0.138. The Balaban J connectivity index is 2.40. The molecular formula is C19H24ClF3N2O. The van der Waals surface area contributed by atoms with Crippen LogP contribution in [0.25, 0.3) is 5.57 Å². The van der Waals surface area contributed by atoms with Gasteiger partial charge < -0.3 is 15.0 Å². The highest BCUT2D eigenvalue weighted by molar-refractivity contribution is 6.37. The van der Waals surface area contributed by atoms with Crippen LogP contribution in [0.1, 0.15) is 33.3 Å². The van der Waals surface area contributed by atoms with Gasteiger partial charge >= 0.3 is 6.18 Å². The lowest BCUT2D eigenvalue weighted by atomic mass is 10.0. The van der Waals surface area contributed by atoms with Gasteiger partial charge in [0.25, 0.3) is 0 Å². The average molecular weight is 389 g/mol. The summed E-state index contributed by atoms with van der Waals surface area (Å²) in [6.07, 6.45) is -0.580. The number of ether oxygens (including phenoxy) is 1. The van der Waals surface area contributed by atoms with Crippen molar-refractivity contribution >= 4 is 22.9 Å². The second-order valence-corrected chi connectivity index (χ2v) is 6.87. The molecule has 1 heterocycles. The number of hydrogen-bond donors (Lipinski definition) is 1.